The van der Waals surface area contributed by atoms with Crippen LogP contribution in [0, 0.1) is 6.92 Å². The lowest BCUT2D eigenvalue weighted by molar-refractivity contribution is 0.355. The Morgan fingerprint density at radius 2 is 2.05 bits per heavy atom. The molecule has 0 aliphatic carbocycles. The van der Waals surface area contributed by atoms with Crippen LogP contribution in [0.1, 0.15) is 11.4 Å². The minimum Gasteiger partial charge on any atom is -0.342 e. The van der Waals surface area contributed by atoms with E-state index in [2.05, 4.69) is 9.97 Å². The standard InChI is InChI=1S/C14H21N3O2S/c1-11-5-4-6-12-14(11)16-13(15-12)7-8-17(2)9-10-20(3,18)19/h4-6H,7-10H2,1-3H3,(H,15,16). The second-order valence-corrected chi connectivity index (χ2v) is 7.60. The molecule has 0 aliphatic rings. The number of fused-ring (bicyclic) bond motifs is 1. The highest BCUT2D eigenvalue weighted by Crippen LogP contribution is 2.15. The predicted octanol–water partition coefficient (Wildman–Crippen LogP) is 1.39. The number of likely N-dealkylation sites (N-methyl/N-ethyl adjacent to an activating group) is 1. The normalized spacial score (nSPS) is 12.4. The second-order valence-electron chi connectivity index (χ2n) is 5.34. The van der Waals surface area contributed by atoms with Crippen molar-refractivity contribution in [3.05, 3.63) is 29.6 Å². The number of nitrogens with zero attached hydrogens (tertiary/aromatic N) is 2. The van der Waals surface area contributed by atoms with Gasteiger partial charge in [-0.3, -0.25) is 0 Å². The molecule has 2 rings (SSSR count). The molecule has 6 heteroatoms. The molecule has 0 radical (unpaired) electrons. The highest BCUT2D eigenvalue weighted by Gasteiger charge is 2.08. The number of aryl methyl sites for hydroxylation is 1. The maximum atomic E-state index is 11.1. The Balaban J connectivity index is 1.94. The number of rotatable bonds is 6. The lowest BCUT2D eigenvalue weighted by Gasteiger charge is -2.14. The molecule has 0 saturated carbocycles. The highest BCUT2D eigenvalue weighted by molar-refractivity contribution is 7.90. The molecular weight excluding hydrogens is 274 g/mol. The third kappa shape index (κ3) is 4.05. The zero-order chi connectivity index (χ0) is 14.8. The molecule has 1 aromatic heterocycles. The number of para-hydroxylation sites is 1. The van der Waals surface area contributed by atoms with Crippen LogP contribution in [0.3, 0.4) is 0 Å². The van der Waals surface area contributed by atoms with E-state index in [0.717, 1.165) is 35.4 Å². The average molecular weight is 295 g/mol. The number of hydrogen-bond acceptors (Lipinski definition) is 4. The fourth-order valence-corrected chi connectivity index (χ4v) is 2.72. The van der Waals surface area contributed by atoms with Crippen molar-refractivity contribution in [3.8, 4) is 0 Å². The van der Waals surface area contributed by atoms with Crippen molar-refractivity contribution in [2.45, 2.75) is 13.3 Å². The molecule has 1 heterocycles. The van der Waals surface area contributed by atoms with E-state index in [0.29, 0.717) is 6.54 Å². The first kappa shape index (κ1) is 15.0. The first-order chi connectivity index (χ1) is 9.35. The van der Waals surface area contributed by atoms with Gasteiger partial charge in [0.1, 0.15) is 15.7 Å². The lowest BCUT2D eigenvalue weighted by Crippen LogP contribution is -2.27. The van der Waals surface area contributed by atoms with Crippen LogP contribution in [-0.2, 0) is 16.3 Å². The van der Waals surface area contributed by atoms with Gasteiger partial charge >= 0.3 is 0 Å². The number of aromatic nitrogens is 2. The Morgan fingerprint density at radius 1 is 1.30 bits per heavy atom. The van der Waals surface area contributed by atoms with Gasteiger partial charge in [-0.05, 0) is 25.6 Å². The Morgan fingerprint density at radius 3 is 2.70 bits per heavy atom. The number of H-pyrrole nitrogens is 1. The minimum atomic E-state index is -2.89. The monoisotopic (exact) mass is 295 g/mol. The summed E-state index contributed by atoms with van der Waals surface area (Å²) in [5, 5.41) is 0. The molecule has 5 nitrogen and oxygen atoms in total. The Hall–Kier alpha value is -1.40. The maximum Gasteiger partial charge on any atom is 0.148 e. The summed E-state index contributed by atoms with van der Waals surface area (Å²) < 4.78 is 22.2. The van der Waals surface area contributed by atoms with Crippen LogP contribution in [-0.4, -0.2) is 55.4 Å². The predicted molar refractivity (Wildman–Crippen MR) is 81.7 cm³/mol. The molecule has 0 spiro atoms. The summed E-state index contributed by atoms with van der Waals surface area (Å²) in [6, 6.07) is 6.08. The van der Waals surface area contributed by atoms with Gasteiger partial charge in [0.2, 0.25) is 0 Å². The number of benzene rings is 1. The van der Waals surface area contributed by atoms with E-state index in [1.54, 1.807) is 0 Å². The SMILES string of the molecule is Cc1cccc2[nH]c(CCN(C)CCS(C)(=O)=O)nc12. The summed E-state index contributed by atoms with van der Waals surface area (Å²) in [6.45, 7) is 3.39. The van der Waals surface area contributed by atoms with Crippen LogP contribution in [0.4, 0.5) is 0 Å². The zero-order valence-corrected chi connectivity index (χ0v) is 13.0. The molecule has 110 valence electrons. The second kappa shape index (κ2) is 5.93. The highest BCUT2D eigenvalue weighted by atomic mass is 32.2. The van der Waals surface area contributed by atoms with Crippen LogP contribution >= 0.6 is 0 Å². The first-order valence-corrected chi connectivity index (χ1v) is 8.72. The van der Waals surface area contributed by atoms with Gasteiger partial charge in [-0.15, -0.1) is 0 Å². The maximum absolute atomic E-state index is 11.1. The molecule has 0 atom stereocenters. The number of aromatic amines is 1. The summed E-state index contributed by atoms with van der Waals surface area (Å²) in [5.41, 5.74) is 3.23. The molecule has 0 fully saturated rings. The fraction of sp³-hybridized carbons (Fsp3) is 0.500. The van der Waals surface area contributed by atoms with E-state index >= 15 is 0 Å². The lowest BCUT2D eigenvalue weighted by atomic mass is 10.2. The van der Waals surface area contributed by atoms with Gasteiger partial charge in [0.05, 0.1) is 16.8 Å². The van der Waals surface area contributed by atoms with Crippen LogP contribution in [0.5, 0.6) is 0 Å². The molecular formula is C14H21N3O2S. The van der Waals surface area contributed by atoms with Gasteiger partial charge in [0.25, 0.3) is 0 Å². The molecule has 0 bridgehead atoms. The van der Waals surface area contributed by atoms with Crippen LogP contribution in [0.15, 0.2) is 18.2 Å². The number of hydrogen-bond donors (Lipinski definition) is 1. The van der Waals surface area contributed by atoms with Crippen molar-refractivity contribution < 1.29 is 8.42 Å². The van der Waals surface area contributed by atoms with E-state index < -0.39 is 9.84 Å². The van der Waals surface area contributed by atoms with Crippen molar-refractivity contribution in [3.63, 3.8) is 0 Å². The van der Waals surface area contributed by atoms with Crippen LogP contribution in [0.2, 0.25) is 0 Å². The van der Waals surface area contributed by atoms with Gasteiger partial charge in [-0.25, -0.2) is 13.4 Å². The molecule has 20 heavy (non-hydrogen) atoms. The Labute approximate surface area is 119 Å². The molecule has 0 amide bonds. The number of nitrogens with one attached hydrogen (secondary N) is 1. The summed E-state index contributed by atoms with van der Waals surface area (Å²) in [5.74, 6) is 1.14. The molecule has 1 N–H and O–H groups in total. The third-order valence-corrected chi connectivity index (χ3v) is 4.26. The quantitative estimate of drug-likeness (QED) is 0.874. The van der Waals surface area contributed by atoms with Gasteiger partial charge in [-0.1, -0.05) is 12.1 Å². The third-order valence-electron chi connectivity index (χ3n) is 3.34. The van der Waals surface area contributed by atoms with E-state index in [9.17, 15) is 8.42 Å². The summed E-state index contributed by atoms with van der Waals surface area (Å²) in [6.07, 6.45) is 2.05. The van der Waals surface area contributed by atoms with E-state index in [1.807, 2.05) is 37.1 Å². The smallest absolute Gasteiger partial charge is 0.148 e. The summed E-state index contributed by atoms with van der Waals surface area (Å²) >= 11 is 0. The van der Waals surface area contributed by atoms with E-state index in [4.69, 9.17) is 0 Å². The van der Waals surface area contributed by atoms with Crippen LogP contribution < -0.4 is 0 Å². The molecule has 0 unspecified atom stereocenters. The van der Waals surface area contributed by atoms with Gasteiger partial charge in [-0.2, -0.15) is 0 Å². The number of sulfone groups is 1. The van der Waals surface area contributed by atoms with Crippen molar-refractivity contribution >= 4 is 20.9 Å². The Bertz CT molecular complexity index is 692. The zero-order valence-electron chi connectivity index (χ0n) is 12.2. The molecule has 2 aromatic rings. The number of imidazole rings is 1. The molecule has 0 saturated heterocycles. The molecule has 1 aromatic carbocycles. The minimum absolute atomic E-state index is 0.197. The van der Waals surface area contributed by atoms with Gasteiger partial charge in [0, 0.05) is 25.8 Å². The first-order valence-electron chi connectivity index (χ1n) is 6.65. The largest absolute Gasteiger partial charge is 0.342 e. The van der Waals surface area contributed by atoms with Crippen molar-refractivity contribution in [1.82, 2.24) is 14.9 Å². The van der Waals surface area contributed by atoms with E-state index in [-0.39, 0.29) is 5.75 Å². The fourth-order valence-electron chi connectivity index (χ4n) is 2.08. The Kier molecular flexibility index (Phi) is 4.45. The summed E-state index contributed by atoms with van der Waals surface area (Å²) in [4.78, 5) is 9.92. The summed E-state index contributed by atoms with van der Waals surface area (Å²) in [7, 11) is -0.964. The van der Waals surface area contributed by atoms with Crippen molar-refractivity contribution in [2.75, 3.05) is 32.1 Å². The van der Waals surface area contributed by atoms with Crippen LogP contribution in [0.25, 0.3) is 11.0 Å². The van der Waals surface area contributed by atoms with E-state index in [1.165, 1.54) is 6.26 Å². The van der Waals surface area contributed by atoms with Gasteiger partial charge < -0.3 is 9.88 Å². The molecule has 0 aliphatic heterocycles. The van der Waals surface area contributed by atoms with Crippen molar-refractivity contribution in [1.29, 1.82) is 0 Å². The topological polar surface area (TPSA) is 66.1 Å². The van der Waals surface area contributed by atoms with Crippen molar-refractivity contribution in [2.24, 2.45) is 0 Å². The van der Waals surface area contributed by atoms with Gasteiger partial charge in [0.15, 0.2) is 0 Å². The average Bonchev–Trinajstić information content (AvgIpc) is 2.77.